The number of hydrogen-bond acceptors (Lipinski definition) is 4. The molecule has 0 radical (unpaired) electrons. The predicted octanol–water partition coefficient (Wildman–Crippen LogP) is 3.07. The molecule has 6 heteroatoms. The van der Waals surface area contributed by atoms with Crippen LogP contribution in [0.1, 0.15) is 11.1 Å². The number of amides is 1. The first-order valence-corrected chi connectivity index (χ1v) is 6.95. The third-order valence-electron chi connectivity index (χ3n) is 3.12. The van der Waals surface area contributed by atoms with Crippen LogP contribution in [-0.4, -0.2) is 24.3 Å². The fraction of sp³-hybridized carbons (Fsp3) is 0.176. The third kappa shape index (κ3) is 5.03. The lowest BCUT2D eigenvalue weighted by atomic mass is 10.1. The normalized spacial score (nSPS) is 9.96. The van der Waals surface area contributed by atoms with Crippen LogP contribution in [0.2, 0.25) is 0 Å². The molecule has 0 saturated carbocycles. The lowest BCUT2D eigenvalue weighted by Crippen LogP contribution is -2.15. The summed E-state index contributed by atoms with van der Waals surface area (Å²) in [6.07, 6.45) is -0.812. The lowest BCUT2D eigenvalue weighted by Gasteiger charge is -2.10. The van der Waals surface area contributed by atoms with Crippen LogP contribution in [0.5, 0.6) is 5.75 Å². The molecule has 0 aliphatic rings. The van der Waals surface area contributed by atoms with Crippen molar-refractivity contribution in [2.45, 2.75) is 13.0 Å². The molecule has 0 spiro atoms. The number of rotatable bonds is 6. The van der Waals surface area contributed by atoms with Crippen molar-refractivity contribution in [3.05, 3.63) is 59.7 Å². The monoisotopic (exact) mass is 315 g/mol. The standard InChI is InChI=1S/C17H17NO5/c1-22-14-8-6-12(7-9-14)11-23-17(21)18-15-5-3-2-4-13(15)10-16(19)20/h2-9H,10-11H2,1H3,(H,18,21)(H,19,20). The molecule has 2 aromatic carbocycles. The van der Waals surface area contributed by atoms with E-state index in [1.165, 1.54) is 0 Å². The van der Waals surface area contributed by atoms with Crippen LogP contribution in [0.25, 0.3) is 0 Å². The molecule has 0 unspecified atom stereocenters. The fourth-order valence-electron chi connectivity index (χ4n) is 1.98. The quantitative estimate of drug-likeness (QED) is 0.855. The smallest absolute Gasteiger partial charge is 0.411 e. The second-order valence-electron chi connectivity index (χ2n) is 4.78. The van der Waals surface area contributed by atoms with Gasteiger partial charge in [0.15, 0.2) is 0 Å². The molecule has 120 valence electrons. The number of carboxylic acids is 1. The highest BCUT2D eigenvalue weighted by Crippen LogP contribution is 2.17. The SMILES string of the molecule is COc1ccc(COC(=O)Nc2ccccc2CC(=O)O)cc1. The van der Waals surface area contributed by atoms with Crippen LogP contribution >= 0.6 is 0 Å². The summed E-state index contributed by atoms with van der Waals surface area (Å²) in [5.41, 5.74) is 1.76. The summed E-state index contributed by atoms with van der Waals surface area (Å²) in [6.45, 7) is 0.108. The van der Waals surface area contributed by atoms with Gasteiger partial charge in [-0.25, -0.2) is 4.79 Å². The van der Waals surface area contributed by atoms with Crippen LogP contribution in [0, 0.1) is 0 Å². The van der Waals surface area contributed by atoms with E-state index in [9.17, 15) is 9.59 Å². The molecule has 0 aliphatic heterocycles. The molecular formula is C17H17NO5. The number of ether oxygens (including phenoxy) is 2. The summed E-state index contributed by atoms with van der Waals surface area (Å²) >= 11 is 0. The highest BCUT2D eigenvalue weighted by atomic mass is 16.5. The van der Waals surface area contributed by atoms with Crippen molar-refractivity contribution in [2.75, 3.05) is 12.4 Å². The molecule has 0 aromatic heterocycles. The van der Waals surface area contributed by atoms with E-state index in [0.717, 1.165) is 11.3 Å². The maximum atomic E-state index is 11.8. The van der Waals surface area contributed by atoms with Crippen molar-refractivity contribution in [1.82, 2.24) is 0 Å². The maximum absolute atomic E-state index is 11.8. The van der Waals surface area contributed by atoms with Crippen molar-refractivity contribution in [1.29, 1.82) is 0 Å². The van der Waals surface area contributed by atoms with Gasteiger partial charge >= 0.3 is 12.1 Å². The second-order valence-corrected chi connectivity index (χ2v) is 4.78. The first-order valence-electron chi connectivity index (χ1n) is 6.95. The molecular weight excluding hydrogens is 298 g/mol. The van der Waals surface area contributed by atoms with E-state index >= 15 is 0 Å². The number of para-hydroxylation sites is 1. The molecule has 0 saturated heterocycles. The van der Waals surface area contributed by atoms with E-state index in [-0.39, 0.29) is 13.0 Å². The number of anilines is 1. The largest absolute Gasteiger partial charge is 0.497 e. The van der Waals surface area contributed by atoms with Gasteiger partial charge in [-0.15, -0.1) is 0 Å². The van der Waals surface area contributed by atoms with Crippen LogP contribution in [-0.2, 0) is 22.6 Å². The Bertz CT molecular complexity index is 682. The Labute approximate surface area is 133 Å². The molecule has 1 amide bonds. The highest BCUT2D eigenvalue weighted by Gasteiger charge is 2.10. The Balaban J connectivity index is 1.93. The average molecular weight is 315 g/mol. The number of aliphatic carboxylic acids is 1. The van der Waals surface area contributed by atoms with E-state index in [1.807, 2.05) is 0 Å². The molecule has 2 rings (SSSR count). The lowest BCUT2D eigenvalue weighted by molar-refractivity contribution is -0.136. The van der Waals surface area contributed by atoms with Gasteiger partial charge < -0.3 is 14.6 Å². The first-order chi connectivity index (χ1) is 11.1. The Morgan fingerprint density at radius 2 is 1.78 bits per heavy atom. The zero-order valence-electron chi connectivity index (χ0n) is 12.6. The summed E-state index contributed by atoms with van der Waals surface area (Å²) in [4.78, 5) is 22.7. The summed E-state index contributed by atoms with van der Waals surface area (Å²) in [5.74, 6) is -0.244. The van der Waals surface area contributed by atoms with E-state index in [0.29, 0.717) is 11.3 Å². The van der Waals surface area contributed by atoms with Crippen LogP contribution < -0.4 is 10.1 Å². The van der Waals surface area contributed by atoms with Crippen LogP contribution in [0.3, 0.4) is 0 Å². The zero-order chi connectivity index (χ0) is 16.7. The summed E-state index contributed by atoms with van der Waals surface area (Å²) in [5, 5.41) is 11.4. The first kappa shape index (κ1) is 16.4. The van der Waals surface area contributed by atoms with Crippen molar-refractivity contribution >= 4 is 17.7 Å². The van der Waals surface area contributed by atoms with Crippen molar-refractivity contribution < 1.29 is 24.2 Å². The Hall–Kier alpha value is -3.02. The molecule has 0 atom stereocenters. The third-order valence-corrected chi connectivity index (χ3v) is 3.12. The van der Waals surface area contributed by atoms with Crippen LogP contribution in [0.4, 0.5) is 10.5 Å². The Kier molecular flexibility index (Phi) is 5.57. The molecule has 0 heterocycles. The molecule has 0 aliphatic carbocycles. The number of nitrogens with one attached hydrogen (secondary N) is 1. The summed E-state index contributed by atoms with van der Waals surface area (Å²) in [6, 6.07) is 13.9. The van der Waals surface area contributed by atoms with Crippen molar-refractivity contribution in [3.8, 4) is 5.75 Å². The predicted molar refractivity (Wildman–Crippen MR) is 84.6 cm³/mol. The van der Waals surface area contributed by atoms with Gasteiger partial charge in [0.2, 0.25) is 0 Å². The molecule has 0 bridgehead atoms. The highest BCUT2D eigenvalue weighted by molar-refractivity contribution is 5.87. The van der Waals surface area contributed by atoms with Gasteiger partial charge in [0, 0.05) is 5.69 Å². The van der Waals surface area contributed by atoms with Gasteiger partial charge in [-0.05, 0) is 29.3 Å². The number of benzene rings is 2. The van der Waals surface area contributed by atoms with Crippen LogP contribution in [0.15, 0.2) is 48.5 Å². The molecule has 2 N–H and O–H groups in total. The van der Waals surface area contributed by atoms with E-state index in [4.69, 9.17) is 14.6 Å². The molecule has 0 fully saturated rings. The molecule has 6 nitrogen and oxygen atoms in total. The Morgan fingerprint density at radius 3 is 2.43 bits per heavy atom. The zero-order valence-corrected chi connectivity index (χ0v) is 12.6. The summed E-state index contributed by atoms with van der Waals surface area (Å²) in [7, 11) is 1.58. The summed E-state index contributed by atoms with van der Waals surface area (Å²) < 4.78 is 10.2. The van der Waals surface area contributed by atoms with Gasteiger partial charge in [0.05, 0.1) is 13.5 Å². The second kappa shape index (κ2) is 7.84. The van der Waals surface area contributed by atoms with Gasteiger partial charge in [-0.1, -0.05) is 30.3 Å². The number of hydrogen-bond donors (Lipinski definition) is 2. The van der Waals surface area contributed by atoms with Gasteiger partial charge in [-0.2, -0.15) is 0 Å². The van der Waals surface area contributed by atoms with Gasteiger partial charge in [0.1, 0.15) is 12.4 Å². The number of carboxylic acid groups (broad SMARTS) is 1. The minimum atomic E-state index is -0.967. The topological polar surface area (TPSA) is 84.9 Å². The number of methoxy groups -OCH3 is 1. The number of carbonyl (C=O) groups excluding carboxylic acids is 1. The van der Waals surface area contributed by atoms with E-state index in [1.54, 1.807) is 55.6 Å². The molecule has 23 heavy (non-hydrogen) atoms. The Morgan fingerprint density at radius 1 is 1.09 bits per heavy atom. The number of carbonyl (C=O) groups is 2. The average Bonchev–Trinajstić information content (AvgIpc) is 2.55. The maximum Gasteiger partial charge on any atom is 0.411 e. The van der Waals surface area contributed by atoms with E-state index < -0.39 is 12.1 Å². The van der Waals surface area contributed by atoms with Gasteiger partial charge in [-0.3, -0.25) is 10.1 Å². The minimum absolute atomic E-state index is 0.108. The van der Waals surface area contributed by atoms with Gasteiger partial charge in [0.25, 0.3) is 0 Å². The van der Waals surface area contributed by atoms with E-state index in [2.05, 4.69) is 5.32 Å². The fourth-order valence-corrected chi connectivity index (χ4v) is 1.98. The van der Waals surface area contributed by atoms with Crippen molar-refractivity contribution in [2.24, 2.45) is 0 Å². The minimum Gasteiger partial charge on any atom is -0.497 e. The van der Waals surface area contributed by atoms with Crippen molar-refractivity contribution in [3.63, 3.8) is 0 Å². The molecule has 2 aromatic rings.